The molecular weight excluding hydrogens is 228 g/mol. The highest BCUT2D eigenvalue weighted by Gasteiger charge is 2.02. The molecule has 0 atom stereocenters. The van der Waals surface area contributed by atoms with Crippen LogP contribution in [-0.2, 0) is 13.2 Å². The minimum absolute atomic E-state index is 0.0131. The van der Waals surface area contributed by atoms with Crippen LogP contribution in [0, 0.1) is 0 Å². The van der Waals surface area contributed by atoms with Gasteiger partial charge in [-0.25, -0.2) is 4.79 Å². The Kier molecular flexibility index (Phi) is 6.58. The number of carbonyl (C=O) groups excluding carboxylic acids is 1. The average molecular weight is 248 g/mol. The summed E-state index contributed by atoms with van der Waals surface area (Å²) in [7, 11) is 0. The number of benzene rings is 1. The first-order valence-corrected chi connectivity index (χ1v) is 6.08. The third-order valence-corrected chi connectivity index (χ3v) is 2.56. The topological polar surface area (TPSA) is 61.4 Å². The van der Waals surface area contributed by atoms with Crippen LogP contribution in [0.25, 0.3) is 0 Å². The summed E-state index contributed by atoms with van der Waals surface area (Å²) < 4.78 is 0. The Balaban J connectivity index is 2.33. The van der Waals surface area contributed by atoms with Crippen LogP contribution in [0.3, 0.4) is 0 Å². The molecule has 0 aliphatic carbocycles. The number of urea groups is 1. The molecule has 3 N–H and O–H groups in total. The molecule has 0 saturated carbocycles. The zero-order valence-electron chi connectivity index (χ0n) is 10.6. The molecule has 1 aromatic rings. The van der Waals surface area contributed by atoms with E-state index in [9.17, 15) is 4.79 Å². The van der Waals surface area contributed by atoms with E-state index in [0.29, 0.717) is 13.1 Å². The summed E-state index contributed by atoms with van der Waals surface area (Å²) in [6.45, 7) is 2.98. The van der Waals surface area contributed by atoms with E-state index in [2.05, 4.69) is 10.6 Å². The highest BCUT2D eigenvalue weighted by Crippen LogP contribution is 2.07. The van der Waals surface area contributed by atoms with Crippen LogP contribution in [0.2, 0.25) is 0 Å². The Bertz CT molecular complexity index is 403. The van der Waals surface area contributed by atoms with Gasteiger partial charge in [-0.2, -0.15) is 0 Å². The summed E-state index contributed by atoms with van der Waals surface area (Å²) in [6, 6.07) is 7.31. The molecule has 18 heavy (non-hydrogen) atoms. The highest BCUT2D eigenvalue weighted by atomic mass is 16.3. The molecule has 0 spiro atoms. The van der Waals surface area contributed by atoms with Crippen LogP contribution in [0.1, 0.15) is 24.5 Å². The maximum Gasteiger partial charge on any atom is 0.315 e. The maximum absolute atomic E-state index is 11.5. The van der Waals surface area contributed by atoms with Gasteiger partial charge in [-0.05, 0) is 24.5 Å². The fourth-order valence-corrected chi connectivity index (χ4v) is 1.56. The SMILES string of the molecule is C/C=C/CCNC(=O)NCc1ccccc1CO. The Labute approximate surface area is 108 Å². The van der Waals surface area contributed by atoms with Crippen LogP contribution in [0.5, 0.6) is 0 Å². The number of carbonyl (C=O) groups is 1. The van der Waals surface area contributed by atoms with Crippen LogP contribution in [-0.4, -0.2) is 17.7 Å². The number of amides is 2. The first-order chi connectivity index (χ1) is 8.77. The Morgan fingerprint density at radius 2 is 2.00 bits per heavy atom. The van der Waals surface area contributed by atoms with Crippen molar-refractivity contribution >= 4 is 6.03 Å². The van der Waals surface area contributed by atoms with Gasteiger partial charge in [0, 0.05) is 13.1 Å². The molecule has 0 heterocycles. The van der Waals surface area contributed by atoms with E-state index in [1.165, 1.54) is 0 Å². The smallest absolute Gasteiger partial charge is 0.315 e. The molecule has 0 radical (unpaired) electrons. The van der Waals surface area contributed by atoms with Gasteiger partial charge < -0.3 is 15.7 Å². The van der Waals surface area contributed by atoms with Gasteiger partial charge in [0.25, 0.3) is 0 Å². The van der Waals surface area contributed by atoms with Crippen LogP contribution in [0.4, 0.5) is 4.79 Å². The molecule has 0 aromatic heterocycles. The lowest BCUT2D eigenvalue weighted by Crippen LogP contribution is -2.35. The van der Waals surface area contributed by atoms with Crippen molar-refractivity contribution in [3.63, 3.8) is 0 Å². The van der Waals surface area contributed by atoms with Crippen molar-refractivity contribution in [2.45, 2.75) is 26.5 Å². The second kappa shape index (κ2) is 8.31. The number of aliphatic hydroxyl groups excluding tert-OH is 1. The molecule has 4 heteroatoms. The summed E-state index contributed by atoms with van der Waals surface area (Å²) in [4.78, 5) is 11.5. The number of allylic oxidation sites excluding steroid dienone is 1. The molecule has 0 bridgehead atoms. The Morgan fingerprint density at radius 1 is 1.28 bits per heavy atom. The van der Waals surface area contributed by atoms with E-state index in [0.717, 1.165) is 17.5 Å². The molecule has 0 unspecified atom stereocenters. The van der Waals surface area contributed by atoms with Crippen molar-refractivity contribution in [2.24, 2.45) is 0 Å². The summed E-state index contributed by atoms with van der Waals surface area (Å²) in [5.41, 5.74) is 1.77. The predicted molar refractivity (Wildman–Crippen MR) is 72.0 cm³/mol. The van der Waals surface area contributed by atoms with E-state index in [4.69, 9.17) is 5.11 Å². The van der Waals surface area contributed by atoms with E-state index < -0.39 is 0 Å². The Hall–Kier alpha value is -1.81. The largest absolute Gasteiger partial charge is 0.392 e. The van der Waals surface area contributed by atoms with Gasteiger partial charge in [0.05, 0.1) is 6.61 Å². The minimum atomic E-state index is -0.188. The molecule has 1 aromatic carbocycles. The standard InChI is InChI=1S/C14H20N2O2/c1-2-3-6-9-15-14(18)16-10-12-7-4-5-8-13(12)11-17/h2-5,7-8,17H,6,9-11H2,1H3,(H2,15,16,18)/b3-2+. The Morgan fingerprint density at radius 3 is 2.67 bits per heavy atom. The number of hydrogen-bond donors (Lipinski definition) is 3. The second-order valence-electron chi connectivity index (χ2n) is 3.89. The monoisotopic (exact) mass is 248 g/mol. The fourth-order valence-electron chi connectivity index (χ4n) is 1.56. The number of nitrogens with one attached hydrogen (secondary N) is 2. The molecule has 2 amide bonds. The molecule has 98 valence electrons. The third kappa shape index (κ3) is 5.01. The zero-order valence-corrected chi connectivity index (χ0v) is 10.6. The number of aliphatic hydroxyl groups is 1. The van der Waals surface area contributed by atoms with Gasteiger partial charge in [-0.1, -0.05) is 36.4 Å². The summed E-state index contributed by atoms with van der Waals surface area (Å²) in [5.74, 6) is 0. The summed E-state index contributed by atoms with van der Waals surface area (Å²) in [6.07, 6.45) is 4.79. The van der Waals surface area contributed by atoms with Gasteiger partial charge in [-0.15, -0.1) is 0 Å². The van der Waals surface area contributed by atoms with Gasteiger partial charge >= 0.3 is 6.03 Å². The van der Waals surface area contributed by atoms with Crippen molar-refractivity contribution in [2.75, 3.05) is 6.54 Å². The quantitative estimate of drug-likeness (QED) is 0.532. The lowest BCUT2D eigenvalue weighted by Gasteiger charge is -2.09. The van der Waals surface area contributed by atoms with Gasteiger partial charge in [-0.3, -0.25) is 0 Å². The maximum atomic E-state index is 11.5. The predicted octanol–water partition coefficient (Wildman–Crippen LogP) is 1.94. The third-order valence-electron chi connectivity index (χ3n) is 2.56. The van der Waals surface area contributed by atoms with Crippen molar-refractivity contribution < 1.29 is 9.90 Å². The first-order valence-electron chi connectivity index (χ1n) is 6.08. The van der Waals surface area contributed by atoms with Crippen LogP contribution in [0.15, 0.2) is 36.4 Å². The zero-order chi connectivity index (χ0) is 13.2. The van der Waals surface area contributed by atoms with Crippen LogP contribution >= 0.6 is 0 Å². The normalized spacial score (nSPS) is 10.6. The average Bonchev–Trinajstić information content (AvgIpc) is 2.41. The lowest BCUT2D eigenvalue weighted by molar-refractivity contribution is 0.240. The second-order valence-corrected chi connectivity index (χ2v) is 3.89. The molecule has 0 aliphatic heterocycles. The minimum Gasteiger partial charge on any atom is -0.392 e. The molecule has 0 saturated heterocycles. The van der Waals surface area contributed by atoms with Crippen molar-refractivity contribution in [3.05, 3.63) is 47.5 Å². The lowest BCUT2D eigenvalue weighted by atomic mass is 10.1. The van der Waals surface area contributed by atoms with Gasteiger partial charge in [0.15, 0.2) is 0 Å². The van der Waals surface area contributed by atoms with Crippen LogP contribution < -0.4 is 10.6 Å². The van der Waals surface area contributed by atoms with Crippen molar-refractivity contribution in [1.29, 1.82) is 0 Å². The highest BCUT2D eigenvalue weighted by molar-refractivity contribution is 5.73. The molecular formula is C14H20N2O2. The summed E-state index contributed by atoms with van der Waals surface area (Å²) >= 11 is 0. The van der Waals surface area contributed by atoms with E-state index in [1.54, 1.807) is 0 Å². The molecule has 0 fully saturated rings. The van der Waals surface area contributed by atoms with Crippen molar-refractivity contribution in [3.8, 4) is 0 Å². The molecule has 1 rings (SSSR count). The number of rotatable bonds is 6. The molecule has 4 nitrogen and oxygen atoms in total. The van der Waals surface area contributed by atoms with Gasteiger partial charge in [0.2, 0.25) is 0 Å². The summed E-state index contributed by atoms with van der Waals surface area (Å²) in [5, 5.41) is 14.7. The number of hydrogen-bond acceptors (Lipinski definition) is 2. The van der Waals surface area contributed by atoms with Crippen molar-refractivity contribution in [1.82, 2.24) is 10.6 Å². The van der Waals surface area contributed by atoms with Gasteiger partial charge in [0.1, 0.15) is 0 Å². The van der Waals surface area contributed by atoms with E-state index in [1.807, 2.05) is 43.3 Å². The fraction of sp³-hybridized carbons (Fsp3) is 0.357. The van der Waals surface area contributed by atoms with E-state index in [-0.39, 0.29) is 12.6 Å². The van der Waals surface area contributed by atoms with E-state index >= 15 is 0 Å². The first kappa shape index (κ1) is 14.3. The molecule has 0 aliphatic rings.